The molecule has 1 aromatic heterocycles. The molecule has 0 aliphatic rings. The Kier molecular flexibility index (Phi) is 5.61. The van der Waals surface area contributed by atoms with E-state index in [1.807, 2.05) is 17.5 Å². The lowest BCUT2D eigenvalue weighted by molar-refractivity contribution is -0.115. The summed E-state index contributed by atoms with van der Waals surface area (Å²) in [5.41, 5.74) is 0.826. The third-order valence-electron chi connectivity index (χ3n) is 3.44. The second-order valence-electron chi connectivity index (χ2n) is 5.44. The summed E-state index contributed by atoms with van der Waals surface area (Å²) in [4.78, 5) is 13.1. The van der Waals surface area contributed by atoms with Gasteiger partial charge in [0.1, 0.15) is 0 Å². The zero-order valence-corrected chi connectivity index (χ0v) is 15.9. The molecule has 0 aliphatic heterocycles. The molecule has 1 heterocycles. The minimum atomic E-state index is -3.78. The number of amides is 1. The van der Waals surface area contributed by atoms with Gasteiger partial charge in [-0.05, 0) is 53.9 Å². The highest BCUT2D eigenvalue weighted by Crippen LogP contribution is 2.21. The van der Waals surface area contributed by atoms with Gasteiger partial charge in [0.2, 0.25) is 5.91 Å². The smallest absolute Gasteiger partial charge is 0.261 e. The van der Waals surface area contributed by atoms with Crippen LogP contribution in [0.5, 0.6) is 0 Å². The number of hydrogen-bond acceptors (Lipinski definition) is 4. The Morgan fingerprint density at radius 3 is 2.46 bits per heavy atom. The van der Waals surface area contributed by atoms with E-state index in [1.165, 1.54) is 23.5 Å². The van der Waals surface area contributed by atoms with E-state index >= 15 is 0 Å². The zero-order valence-electron chi connectivity index (χ0n) is 13.5. The molecule has 2 aromatic carbocycles. The molecule has 0 saturated carbocycles. The molecule has 0 spiro atoms. The van der Waals surface area contributed by atoms with E-state index in [0.717, 1.165) is 4.88 Å². The van der Waals surface area contributed by atoms with Crippen molar-refractivity contribution < 1.29 is 13.2 Å². The first-order valence-corrected chi connectivity index (χ1v) is 10.4. The van der Waals surface area contributed by atoms with Gasteiger partial charge in [-0.15, -0.1) is 11.3 Å². The Morgan fingerprint density at radius 2 is 1.77 bits per heavy atom. The molecule has 0 radical (unpaired) electrons. The maximum absolute atomic E-state index is 12.5. The van der Waals surface area contributed by atoms with Crippen LogP contribution in [0, 0.1) is 0 Å². The van der Waals surface area contributed by atoms with Gasteiger partial charge >= 0.3 is 0 Å². The van der Waals surface area contributed by atoms with Crippen molar-refractivity contribution in [3.8, 4) is 0 Å². The lowest BCUT2D eigenvalue weighted by Crippen LogP contribution is -2.16. The van der Waals surface area contributed by atoms with E-state index in [-0.39, 0.29) is 17.2 Å². The maximum atomic E-state index is 12.5. The second-order valence-corrected chi connectivity index (χ2v) is 8.60. The Balaban J connectivity index is 1.73. The molecule has 1 amide bonds. The summed E-state index contributed by atoms with van der Waals surface area (Å²) in [7, 11) is -3.78. The molecule has 0 unspecified atom stereocenters. The van der Waals surface area contributed by atoms with Crippen molar-refractivity contribution in [2.24, 2.45) is 0 Å². The van der Waals surface area contributed by atoms with E-state index in [2.05, 4.69) is 10.0 Å². The second kappa shape index (κ2) is 7.90. The standard InChI is InChI=1S/C18H15ClN2O3S2/c19-13-6-8-14(9-7-13)21-26(23,24)17-5-1-3-15(11-17)20-18(22)12-16-4-2-10-25-16/h1-11,21H,12H2,(H,20,22). The highest BCUT2D eigenvalue weighted by Gasteiger charge is 2.15. The van der Waals surface area contributed by atoms with Gasteiger partial charge in [0, 0.05) is 21.3 Å². The Labute approximate surface area is 160 Å². The summed E-state index contributed by atoms with van der Waals surface area (Å²) in [5, 5.41) is 5.14. The van der Waals surface area contributed by atoms with Gasteiger partial charge in [-0.25, -0.2) is 8.42 Å². The van der Waals surface area contributed by atoms with Gasteiger partial charge in [-0.2, -0.15) is 0 Å². The minimum absolute atomic E-state index is 0.0568. The van der Waals surface area contributed by atoms with E-state index in [0.29, 0.717) is 16.4 Å². The maximum Gasteiger partial charge on any atom is 0.261 e. The molecular formula is C18H15ClN2O3S2. The highest BCUT2D eigenvalue weighted by atomic mass is 35.5. The van der Waals surface area contributed by atoms with Crippen molar-refractivity contribution >= 4 is 50.2 Å². The number of halogens is 1. The summed E-state index contributed by atoms with van der Waals surface area (Å²) in [6, 6.07) is 16.2. The SMILES string of the molecule is O=C(Cc1cccs1)Nc1cccc(S(=O)(=O)Nc2ccc(Cl)cc2)c1. The predicted octanol–water partition coefficient (Wildman–Crippen LogP) is 4.38. The third-order valence-corrected chi connectivity index (χ3v) is 5.95. The molecule has 2 N–H and O–H groups in total. The molecule has 0 fully saturated rings. The van der Waals surface area contributed by atoms with E-state index < -0.39 is 10.0 Å². The van der Waals surface area contributed by atoms with Crippen molar-refractivity contribution in [3.63, 3.8) is 0 Å². The Bertz CT molecular complexity index is 1000. The van der Waals surface area contributed by atoms with E-state index in [1.54, 1.807) is 36.4 Å². The topological polar surface area (TPSA) is 75.3 Å². The number of nitrogens with one attached hydrogen (secondary N) is 2. The number of rotatable bonds is 6. The fourth-order valence-corrected chi connectivity index (χ4v) is 4.18. The summed E-state index contributed by atoms with van der Waals surface area (Å²) in [6.45, 7) is 0. The number of benzene rings is 2. The lowest BCUT2D eigenvalue weighted by atomic mass is 10.3. The molecular weight excluding hydrogens is 392 g/mol. The normalized spacial score (nSPS) is 11.1. The first-order valence-electron chi connectivity index (χ1n) is 7.63. The van der Waals surface area contributed by atoms with Crippen LogP contribution < -0.4 is 10.0 Å². The van der Waals surface area contributed by atoms with Gasteiger partial charge < -0.3 is 5.32 Å². The number of sulfonamides is 1. The summed E-state index contributed by atoms with van der Waals surface area (Å²) < 4.78 is 27.5. The monoisotopic (exact) mass is 406 g/mol. The van der Waals surface area contributed by atoms with E-state index in [9.17, 15) is 13.2 Å². The molecule has 26 heavy (non-hydrogen) atoms. The molecule has 3 rings (SSSR count). The van der Waals surface area contributed by atoms with E-state index in [4.69, 9.17) is 11.6 Å². The largest absolute Gasteiger partial charge is 0.326 e. The number of hydrogen-bond donors (Lipinski definition) is 2. The van der Waals surface area contributed by atoms with Crippen molar-refractivity contribution in [3.05, 3.63) is 75.9 Å². The summed E-state index contributed by atoms with van der Waals surface area (Å²) in [5.74, 6) is -0.201. The van der Waals surface area contributed by atoms with Gasteiger partial charge in [0.15, 0.2) is 0 Å². The molecule has 8 heteroatoms. The van der Waals surface area contributed by atoms with Crippen LogP contribution in [0.2, 0.25) is 5.02 Å². The van der Waals surface area contributed by atoms with Crippen LogP contribution in [-0.4, -0.2) is 14.3 Å². The van der Waals surface area contributed by atoms with Gasteiger partial charge in [-0.3, -0.25) is 9.52 Å². The summed E-state index contributed by atoms with van der Waals surface area (Å²) >= 11 is 7.30. The Hall–Kier alpha value is -2.35. The van der Waals surface area contributed by atoms with Gasteiger partial charge in [0.05, 0.1) is 11.3 Å². The lowest BCUT2D eigenvalue weighted by Gasteiger charge is -2.10. The number of carbonyl (C=O) groups is 1. The quantitative estimate of drug-likeness (QED) is 0.637. The van der Waals surface area contributed by atoms with Crippen LogP contribution in [0.4, 0.5) is 11.4 Å². The molecule has 0 saturated heterocycles. The van der Waals surface area contributed by atoms with Crippen LogP contribution in [0.3, 0.4) is 0 Å². The van der Waals surface area contributed by atoms with Crippen LogP contribution >= 0.6 is 22.9 Å². The van der Waals surface area contributed by atoms with Crippen molar-refractivity contribution in [2.45, 2.75) is 11.3 Å². The molecule has 3 aromatic rings. The zero-order chi connectivity index (χ0) is 18.6. The van der Waals surface area contributed by atoms with Crippen LogP contribution in [-0.2, 0) is 21.2 Å². The van der Waals surface area contributed by atoms with Crippen LogP contribution in [0.1, 0.15) is 4.88 Å². The molecule has 0 atom stereocenters. The third kappa shape index (κ3) is 4.85. The Morgan fingerprint density at radius 1 is 1.00 bits per heavy atom. The fraction of sp³-hybridized carbons (Fsp3) is 0.0556. The molecule has 5 nitrogen and oxygen atoms in total. The van der Waals surface area contributed by atoms with Gasteiger partial charge in [-0.1, -0.05) is 23.7 Å². The fourth-order valence-electron chi connectivity index (χ4n) is 2.25. The number of carbonyl (C=O) groups excluding carboxylic acids is 1. The first-order chi connectivity index (χ1) is 12.4. The average Bonchev–Trinajstić information content (AvgIpc) is 3.10. The van der Waals surface area contributed by atoms with Gasteiger partial charge in [0.25, 0.3) is 10.0 Å². The molecule has 0 aliphatic carbocycles. The molecule has 0 bridgehead atoms. The average molecular weight is 407 g/mol. The van der Waals surface area contributed by atoms with Crippen molar-refractivity contribution in [1.29, 1.82) is 0 Å². The first kappa shape index (κ1) is 18.4. The predicted molar refractivity (Wildman–Crippen MR) is 105 cm³/mol. The number of thiophene rings is 1. The van der Waals surface area contributed by atoms with Crippen molar-refractivity contribution in [1.82, 2.24) is 0 Å². The molecule has 134 valence electrons. The summed E-state index contributed by atoms with van der Waals surface area (Å²) in [6.07, 6.45) is 0.248. The van der Waals surface area contributed by atoms with Crippen LogP contribution in [0.15, 0.2) is 70.9 Å². The van der Waals surface area contributed by atoms with Crippen molar-refractivity contribution in [2.75, 3.05) is 10.0 Å². The number of anilines is 2. The minimum Gasteiger partial charge on any atom is -0.326 e. The van der Waals surface area contributed by atoms with Crippen LogP contribution in [0.25, 0.3) is 0 Å². The highest BCUT2D eigenvalue weighted by molar-refractivity contribution is 7.92.